The van der Waals surface area contributed by atoms with Gasteiger partial charge in [-0.05, 0) is 48.9 Å². The maximum atomic E-state index is 13.9. The maximum Gasteiger partial charge on any atom is 0.315 e. The van der Waals surface area contributed by atoms with E-state index in [0.29, 0.717) is 25.8 Å². The summed E-state index contributed by atoms with van der Waals surface area (Å²) in [6, 6.07) is -3.19. The molecule has 3 aliphatic carbocycles. The van der Waals surface area contributed by atoms with Crippen molar-refractivity contribution < 1.29 is 29.1 Å². The first-order chi connectivity index (χ1) is 18.3. The van der Waals surface area contributed by atoms with E-state index in [1.54, 1.807) is 0 Å². The number of ketones is 1. The molecule has 1 aliphatic heterocycles. The van der Waals surface area contributed by atoms with Crippen molar-refractivity contribution in [3.8, 4) is 0 Å². The predicted octanol–water partition coefficient (Wildman–Crippen LogP) is 0.972. The number of nitrogens with two attached hydrogens (primary N) is 1. The summed E-state index contributed by atoms with van der Waals surface area (Å²) in [6.45, 7) is 5.79. The molecule has 4 fully saturated rings. The van der Waals surface area contributed by atoms with Crippen molar-refractivity contribution in [2.24, 2.45) is 28.9 Å². The molecule has 1 heterocycles. The molecule has 0 aromatic heterocycles. The summed E-state index contributed by atoms with van der Waals surface area (Å²) >= 11 is 0. The Hall–Kier alpha value is -2.69. The molecular weight excluding hydrogens is 502 g/mol. The number of nitrogens with one attached hydrogen (secondary N) is 3. The summed E-state index contributed by atoms with van der Waals surface area (Å²) in [5.74, 6) is -2.26. The number of amides is 5. The average molecular weight is 548 g/mol. The first-order valence-electron chi connectivity index (χ1n) is 14.5. The molecule has 0 aromatic carbocycles. The van der Waals surface area contributed by atoms with E-state index in [2.05, 4.69) is 16.0 Å². The van der Waals surface area contributed by atoms with Crippen LogP contribution in [0.4, 0.5) is 4.79 Å². The fourth-order valence-electron chi connectivity index (χ4n) is 6.33. The van der Waals surface area contributed by atoms with Gasteiger partial charge in [-0.3, -0.25) is 19.2 Å². The van der Waals surface area contributed by atoms with Crippen molar-refractivity contribution in [1.82, 2.24) is 20.9 Å². The smallest absolute Gasteiger partial charge is 0.315 e. The Morgan fingerprint density at radius 1 is 1.03 bits per heavy atom. The number of hydrogen-bond acceptors (Lipinski definition) is 6. The fraction of sp³-hybridized carbons (Fsp3) is 0.821. The van der Waals surface area contributed by atoms with Gasteiger partial charge in [-0.1, -0.05) is 59.3 Å². The van der Waals surface area contributed by atoms with Crippen LogP contribution in [0, 0.1) is 23.2 Å². The molecule has 2 unspecified atom stereocenters. The third-order valence-corrected chi connectivity index (χ3v) is 8.97. The first-order valence-corrected chi connectivity index (χ1v) is 14.5. The van der Waals surface area contributed by atoms with E-state index in [9.17, 15) is 29.1 Å². The van der Waals surface area contributed by atoms with E-state index < -0.39 is 52.7 Å². The van der Waals surface area contributed by atoms with Gasteiger partial charge in [-0.15, -0.1) is 0 Å². The van der Waals surface area contributed by atoms with Gasteiger partial charge in [0.25, 0.3) is 5.91 Å². The molecule has 11 heteroatoms. The highest BCUT2D eigenvalue weighted by Gasteiger charge is 2.58. The lowest BCUT2D eigenvalue weighted by molar-refractivity contribution is -0.144. The van der Waals surface area contributed by atoms with Crippen molar-refractivity contribution in [3.05, 3.63) is 0 Å². The number of piperidine rings is 1. The number of Topliss-reactive ketones (excluding diaryl/α,β-unsaturated/α-hetero) is 1. The standard InChI is InChI=1S/C28H45N5O6/c1-27(2,3)22(31-26(39)32-28(15-34)10-6-4-5-7-11-28)25(38)33-14-17-13-18(17)20(33)24(37)30-19(12-16-8-9-16)21(35)23(29)36/h16-20,22,34H,4-15H2,1-3H3,(H2,29,36)(H,30,37)(H2,31,32,39)/t17-,18-,19?,20?,22+/m0/s1. The average Bonchev–Trinajstić information content (AvgIpc) is 3.80. The van der Waals surface area contributed by atoms with Crippen molar-refractivity contribution in [3.63, 3.8) is 0 Å². The Morgan fingerprint density at radius 3 is 2.21 bits per heavy atom. The Bertz CT molecular complexity index is 981. The number of urea groups is 1. The third kappa shape index (κ3) is 6.91. The quantitative estimate of drug-likeness (QED) is 0.201. The van der Waals surface area contributed by atoms with Crippen LogP contribution in [-0.4, -0.2) is 76.4 Å². The minimum atomic E-state index is -1.08. The largest absolute Gasteiger partial charge is 0.394 e. The van der Waals surface area contributed by atoms with Crippen molar-refractivity contribution in [1.29, 1.82) is 0 Å². The minimum absolute atomic E-state index is 0.0164. The van der Waals surface area contributed by atoms with Crippen LogP contribution in [0.25, 0.3) is 0 Å². The zero-order valence-corrected chi connectivity index (χ0v) is 23.5. The molecule has 5 atom stereocenters. The molecule has 3 saturated carbocycles. The number of rotatable bonds is 10. The molecule has 39 heavy (non-hydrogen) atoms. The molecule has 4 rings (SSSR count). The van der Waals surface area contributed by atoms with Gasteiger partial charge in [0, 0.05) is 6.54 Å². The molecule has 0 spiro atoms. The topological polar surface area (TPSA) is 171 Å². The van der Waals surface area contributed by atoms with Gasteiger partial charge in [-0.25, -0.2) is 4.79 Å². The Morgan fingerprint density at radius 2 is 1.67 bits per heavy atom. The molecule has 6 N–H and O–H groups in total. The second-order valence-electron chi connectivity index (χ2n) is 13.3. The lowest BCUT2D eigenvalue weighted by Gasteiger charge is -2.38. The lowest BCUT2D eigenvalue weighted by atomic mass is 9.85. The van der Waals surface area contributed by atoms with Gasteiger partial charge in [0.05, 0.1) is 18.2 Å². The van der Waals surface area contributed by atoms with Crippen LogP contribution in [0.2, 0.25) is 0 Å². The normalized spacial score (nSPS) is 27.4. The van der Waals surface area contributed by atoms with E-state index in [1.165, 1.54) is 4.90 Å². The van der Waals surface area contributed by atoms with Gasteiger partial charge >= 0.3 is 6.03 Å². The van der Waals surface area contributed by atoms with E-state index in [0.717, 1.165) is 44.9 Å². The van der Waals surface area contributed by atoms with Crippen LogP contribution in [0.5, 0.6) is 0 Å². The second kappa shape index (κ2) is 11.4. The summed E-state index contributed by atoms with van der Waals surface area (Å²) in [7, 11) is 0. The lowest BCUT2D eigenvalue weighted by Crippen LogP contribution is -2.63. The monoisotopic (exact) mass is 547 g/mol. The molecule has 0 radical (unpaired) electrons. The highest BCUT2D eigenvalue weighted by Crippen LogP contribution is 2.50. The summed E-state index contributed by atoms with van der Waals surface area (Å²) in [5, 5.41) is 18.7. The highest BCUT2D eigenvalue weighted by molar-refractivity contribution is 6.37. The second-order valence-corrected chi connectivity index (χ2v) is 13.3. The zero-order valence-electron chi connectivity index (χ0n) is 23.5. The van der Waals surface area contributed by atoms with Crippen LogP contribution in [0.15, 0.2) is 0 Å². The minimum Gasteiger partial charge on any atom is -0.394 e. The number of nitrogens with zero attached hydrogens (tertiary/aromatic N) is 1. The number of likely N-dealkylation sites (tertiary alicyclic amines) is 1. The van der Waals surface area contributed by atoms with E-state index in [1.807, 2.05) is 20.8 Å². The van der Waals surface area contributed by atoms with Crippen molar-refractivity contribution >= 4 is 29.5 Å². The number of aliphatic hydroxyl groups is 1. The van der Waals surface area contributed by atoms with Crippen molar-refractivity contribution in [2.45, 2.75) is 109 Å². The SMILES string of the molecule is CC(C)(C)[C@H](NC(=O)NC1(CO)CCCCCC1)C(=O)N1C[C@@H]2C[C@@H]2C1C(=O)NC(CC1CC1)C(=O)C(N)=O. The number of primary amides is 1. The van der Waals surface area contributed by atoms with Gasteiger partial charge < -0.3 is 31.7 Å². The van der Waals surface area contributed by atoms with Crippen LogP contribution >= 0.6 is 0 Å². The van der Waals surface area contributed by atoms with Gasteiger partial charge in [0.15, 0.2) is 0 Å². The van der Waals surface area contributed by atoms with Crippen LogP contribution in [0.1, 0.15) is 85.0 Å². The predicted molar refractivity (Wildman–Crippen MR) is 143 cm³/mol. The highest BCUT2D eigenvalue weighted by atomic mass is 16.3. The number of hydrogen-bond donors (Lipinski definition) is 5. The summed E-state index contributed by atoms with van der Waals surface area (Å²) in [6.07, 6.45) is 8.34. The van der Waals surface area contributed by atoms with E-state index in [4.69, 9.17) is 5.73 Å². The Kier molecular flexibility index (Phi) is 8.58. The van der Waals surface area contributed by atoms with Crippen LogP contribution in [0.3, 0.4) is 0 Å². The number of aliphatic hydroxyl groups excluding tert-OH is 1. The maximum absolute atomic E-state index is 13.9. The van der Waals surface area contributed by atoms with Crippen LogP contribution < -0.4 is 21.7 Å². The zero-order chi connectivity index (χ0) is 28.5. The summed E-state index contributed by atoms with van der Waals surface area (Å²) < 4.78 is 0. The van der Waals surface area contributed by atoms with Gasteiger partial charge in [-0.2, -0.15) is 0 Å². The molecular formula is C28H45N5O6. The third-order valence-electron chi connectivity index (χ3n) is 8.97. The molecule has 5 amide bonds. The van der Waals surface area contributed by atoms with E-state index in [-0.39, 0.29) is 30.3 Å². The molecule has 0 aromatic rings. The van der Waals surface area contributed by atoms with Crippen LogP contribution in [-0.2, 0) is 19.2 Å². The molecule has 218 valence electrons. The number of carbonyl (C=O) groups excluding carboxylic acids is 5. The molecule has 1 saturated heterocycles. The molecule has 4 aliphatic rings. The van der Waals surface area contributed by atoms with Gasteiger partial charge in [0.1, 0.15) is 12.1 Å². The summed E-state index contributed by atoms with van der Waals surface area (Å²) in [5.41, 5.74) is 3.86. The Labute approximate surface area is 230 Å². The fourth-order valence-corrected chi connectivity index (χ4v) is 6.33. The Balaban J connectivity index is 1.47. The number of fused-ring (bicyclic) bond motifs is 1. The first kappa shape index (κ1) is 29.3. The van der Waals surface area contributed by atoms with Crippen molar-refractivity contribution in [2.75, 3.05) is 13.2 Å². The molecule has 0 bridgehead atoms. The summed E-state index contributed by atoms with van der Waals surface area (Å²) in [4.78, 5) is 66.1. The van der Waals surface area contributed by atoms with E-state index >= 15 is 0 Å². The molecule has 11 nitrogen and oxygen atoms in total. The van der Waals surface area contributed by atoms with Gasteiger partial charge in [0.2, 0.25) is 17.6 Å². The number of carbonyl (C=O) groups is 5.